The summed E-state index contributed by atoms with van der Waals surface area (Å²) in [6.07, 6.45) is 0. The van der Waals surface area contributed by atoms with Crippen molar-refractivity contribution in [2.45, 2.75) is 19.8 Å². The maximum absolute atomic E-state index is 12.4. The summed E-state index contributed by atoms with van der Waals surface area (Å²) in [5.74, 6) is 0.254. The number of carbonyl (C=O) groups is 1. The van der Waals surface area contributed by atoms with Gasteiger partial charge in [-0.2, -0.15) is 0 Å². The highest BCUT2D eigenvalue weighted by molar-refractivity contribution is 5.94. The average molecular weight is 312 g/mol. The SMILES string of the molecule is CC(C)c1ccccc1NC(=O)CN(CCO)c1ccccc1. The summed E-state index contributed by atoms with van der Waals surface area (Å²) >= 11 is 0. The molecule has 0 fully saturated rings. The molecule has 0 spiro atoms. The molecule has 2 rings (SSSR count). The molecule has 4 heteroatoms. The van der Waals surface area contributed by atoms with Gasteiger partial charge < -0.3 is 15.3 Å². The molecule has 1 amide bonds. The van der Waals surface area contributed by atoms with E-state index in [2.05, 4.69) is 19.2 Å². The Bertz CT molecular complexity index is 626. The van der Waals surface area contributed by atoms with Crippen molar-refractivity contribution < 1.29 is 9.90 Å². The summed E-state index contributed by atoms with van der Waals surface area (Å²) in [6, 6.07) is 17.5. The number of para-hydroxylation sites is 2. The largest absolute Gasteiger partial charge is 0.395 e. The fraction of sp³-hybridized carbons (Fsp3) is 0.316. The molecule has 2 aromatic carbocycles. The zero-order valence-electron chi connectivity index (χ0n) is 13.7. The van der Waals surface area contributed by atoms with E-state index in [1.807, 2.05) is 59.5 Å². The lowest BCUT2D eigenvalue weighted by Crippen LogP contribution is -2.35. The van der Waals surface area contributed by atoms with Gasteiger partial charge in [-0.1, -0.05) is 50.2 Å². The van der Waals surface area contributed by atoms with Gasteiger partial charge in [0.1, 0.15) is 0 Å². The second-order valence-electron chi connectivity index (χ2n) is 5.77. The van der Waals surface area contributed by atoms with Crippen LogP contribution in [0.1, 0.15) is 25.3 Å². The van der Waals surface area contributed by atoms with Crippen LogP contribution in [0.4, 0.5) is 11.4 Å². The second kappa shape index (κ2) is 8.34. The molecule has 0 atom stereocenters. The molecular weight excluding hydrogens is 288 g/mol. The third-order valence-corrected chi connectivity index (χ3v) is 3.68. The van der Waals surface area contributed by atoms with Gasteiger partial charge in [0, 0.05) is 17.9 Å². The predicted octanol–water partition coefficient (Wildman–Crippen LogP) is 3.25. The van der Waals surface area contributed by atoms with Crippen molar-refractivity contribution in [2.75, 3.05) is 29.9 Å². The van der Waals surface area contributed by atoms with Gasteiger partial charge in [0.15, 0.2) is 0 Å². The van der Waals surface area contributed by atoms with Crippen molar-refractivity contribution in [3.8, 4) is 0 Å². The first kappa shape index (κ1) is 17.0. The van der Waals surface area contributed by atoms with Gasteiger partial charge in [0.2, 0.25) is 5.91 Å². The zero-order valence-corrected chi connectivity index (χ0v) is 13.7. The van der Waals surface area contributed by atoms with Gasteiger partial charge in [-0.3, -0.25) is 4.79 Å². The normalized spacial score (nSPS) is 10.6. The first-order chi connectivity index (χ1) is 11.1. The van der Waals surface area contributed by atoms with Crippen LogP contribution in [-0.2, 0) is 4.79 Å². The van der Waals surface area contributed by atoms with E-state index in [9.17, 15) is 9.90 Å². The smallest absolute Gasteiger partial charge is 0.243 e. The minimum Gasteiger partial charge on any atom is -0.395 e. The molecule has 0 aromatic heterocycles. The van der Waals surface area contributed by atoms with Gasteiger partial charge in [-0.15, -0.1) is 0 Å². The van der Waals surface area contributed by atoms with Crippen LogP contribution in [-0.4, -0.2) is 30.7 Å². The highest BCUT2D eigenvalue weighted by Gasteiger charge is 2.13. The third kappa shape index (κ3) is 4.83. The van der Waals surface area contributed by atoms with E-state index in [1.54, 1.807) is 0 Å². The number of nitrogens with one attached hydrogen (secondary N) is 1. The number of carbonyl (C=O) groups excluding carboxylic acids is 1. The Morgan fingerprint density at radius 1 is 1.09 bits per heavy atom. The first-order valence-electron chi connectivity index (χ1n) is 7.91. The number of amides is 1. The minimum absolute atomic E-state index is 0.00472. The molecule has 0 bridgehead atoms. The second-order valence-corrected chi connectivity index (χ2v) is 5.77. The number of anilines is 2. The summed E-state index contributed by atoms with van der Waals surface area (Å²) in [4.78, 5) is 14.3. The van der Waals surface area contributed by atoms with Crippen LogP contribution in [0.15, 0.2) is 54.6 Å². The van der Waals surface area contributed by atoms with Crippen molar-refractivity contribution in [2.24, 2.45) is 0 Å². The third-order valence-electron chi connectivity index (χ3n) is 3.68. The number of benzene rings is 2. The summed E-state index contributed by atoms with van der Waals surface area (Å²) in [7, 11) is 0. The van der Waals surface area contributed by atoms with Crippen LogP contribution in [0, 0.1) is 0 Å². The summed E-state index contributed by atoms with van der Waals surface area (Å²) in [5.41, 5.74) is 2.90. The van der Waals surface area contributed by atoms with E-state index < -0.39 is 0 Å². The number of nitrogens with zero attached hydrogens (tertiary/aromatic N) is 1. The van der Waals surface area contributed by atoms with Crippen molar-refractivity contribution in [3.05, 3.63) is 60.2 Å². The van der Waals surface area contributed by atoms with Crippen molar-refractivity contribution in [1.82, 2.24) is 0 Å². The molecule has 0 unspecified atom stereocenters. The van der Waals surface area contributed by atoms with E-state index >= 15 is 0 Å². The molecular formula is C19H24N2O2. The van der Waals surface area contributed by atoms with E-state index in [0.29, 0.717) is 12.5 Å². The summed E-state index contributed by atoms with van der Waals surface area (Å²) < 4.78 is 0. The van der Waals surface area contributed by atoms with E-state index in [0.717, 1.165) is 16.9 Å². The Morgan fingerprint density at radius 3 is 2.39 bits per heavy atom. The van der Waals surface area contributed by atoms with Crippen molar-refractivity contribution in [3.63, 3.8) is 0 Å². The van der Waals surface area contributed by atoms with Gasteiger partial charge in [-0.05, 0) is 29.7 Å². The van der Waals surface area contributed by atoms with Crippen LogP contribution in [0.25, 0.3) is 0 Å². The molecule has 0 saturated heterocycles. The monoisotopic (exact) mass is 312 g/mol. The zero-order chi connectivity index (χ0) is 16.7. The van der Waals surface area contributed by atoms with Crippen LogP contribution in [0.2, 0.25) is 0 Å². The van der Waals surface area contributed by atoms with Crippen molar-refractivity contribution in [1.29, 1.82) is 0 Å². The molecule has 2 aromatic rings. The molecule has 122 valence electrons. The topological polar surface area (TPSA) is 52.6 Å². The molecule has 0 aliphatic rings. The predicted molar refractivity (Wildman–Crippen MR) is 94.9 cm³/mol. The Hall–Kier alpha value is -2.33. The molecule has 0 aliphatic carbocycles. The van der Waals surface area contributed by atoms with Gasteiger partial charge in [-0.25, -0.2) is 0 Å². The molecule has 23 heavy (non-hydrogen) atoms. The number of hydrogen-bond acceptors (Lipinski definition) is 3. The van der Waals surface area contributed by atoms with Gasteiger partial charge in [0.05, 0.1) is 13.2 Å². The molecule has 0 aliphatic heterocycles. The Morgan fingerprint density at radius 2 is 1.74 bits per heavy atom. The lowest BCUT2D eigenvalue weighted by molar-refractivity contribution is -0.115. The number of aliphatic hydroxyl groups excluding tert-OH is 1. The Kier molecular flexibility index (Phi) is 6.18. The number of rotatable bonds is 7. The molecule has 0 radical (unpaired) electrons. The molecule has 0 heterocycles. The fourth-order valence-corrected chi connectivity index (χ4v) is 2.54. The quantitative estimate of drug-likeness (QED) is 0.825. The maximum atomic E-state index is 12.4. The number of hydrogen-bond donors (Lipinski definition) is 2. The standard InChI is InChI=1S/C19H24N2O2/c1-15(2)17-10-6-7-11-18(17)20-19(23)14-21(12-13-22)16-8-4-3-5-9-16/h3-11,15,22H,12-14H2,1-2H3,(H,20,23). The van der Waals surface area contributed by atoms with Crippen LogP contribution < -0.4 is 10.2 Å². The van der Waals surface area contributed by atoms with Gasteiger partial charge >= 0.3 is 0 Å². The first-order valence-corrected chi connectivity index (χ1v) is 7.91. The highest BCUT2D eigenvalue weighted by atomic mass is 16.3. The molecule has 4 nitrogen and oxygen atoms in total. The fourth-order valence-electron chi connectivity index (χ4n) is 2.54. The highest BCUT2D eigenvalue weighted by Crippen LogP contribution is 2.23. The minimum atomic E-state index is -0.0876. The van der Waals surface area contributed by atoms with Crippen LogP contribution in [0.3, 0.4) is 0 Å². The van der Waals surface area contributed by atoms with Gasteiger partial charge in [0.25, 0.3) is 0 Å². The van der Waals surface area contributed by atoms with Crippen molar-refractivity contribution >= 4 is 17.3 Å². The molecule has 0 saturated carbocycles. The molecule has 2 N–H and O–H groups in total. The van der Waals surface area contributed by atoms with E-state index in [4.69, 9.17) is 0 Å². The average Bonchev–Trinajstić information content (AvgIpc) is 2.55. The lowest BCUT2D eigenvalue weighted by Gasteiger charge is -2.23. The van der Waals surface area contributed by atoms with Crippen LogP contribution >= 0.6 is 0 Å². The summed E-state index contributed by atoms with van der Waals surface area (Å²) in [5, 5.41) is 12.2. The number of aliphatic hydroxyl groups is 1. The van der Waals surface area contributed by atoms with E-state index in [1.165, 1.54) is 0 Å². The Labute approximate surface area is 137 Å². The maximum Gasteiger partial charge on any atom is 0.243 e. The Balaban J connectivity index is 2.08. The van der Waals surface area contributed by atoms with Crippen LogP contribution in [0.5, 0.6) is 0 Å². The van der Waals surface area contributed by atoms with E-state index in [-0.39, 0.29) is 19.1 Å². The lowest BCUT2D eigenvalue weighted by atomic mass is 10.0. The summed E-state index contributed by atoms with van der Waals surface area (Å²) in [6.45, 7) is 4.84.